The molecule has 6 nitrogen and oxygen atoms in total. The molecule has 1 aliphatic heterocycles. The zero-order chi connectivity index (χ0) is 22.9. The van der Waals surface area contributed by atoms with Crippen molar-refractivity contribution in [2.45, 2.75) is 17.9 Å². The summed E-state index contributed by atoms with van der Waals surface area (Å²) in [6.07, 6.45) is 0. The highest BCUT2D eigenvalue weighted by molar-refractivity contribution is 7.89. The zero-order valence-corrected chi connectivity index (χ0v) is 19.0. The number of nitrogens with one attached hydrogen (secondary N) is 1. The molecule has 1 N–H and O–H groups in total. The van der Waals surface area contributed by atoms with Gasteiger partial charge in [0.1, 0.15) is 5.82 Å². The maximum absolute atomic E-state index is 13.2. The molecule has 0 aromatic heterocycles. The molecule has 1 aliphatic rings. The van der Waals surface area contributed by atoms with Crippen LogP contribution in [0.4, 0.5) is 10.1 Å². The zero-order valence-electron chi connectivity index (χ0n) is 17.5. The van der Waals surface area contributed by atoms with Gasteiger partial charge in [-0.1, -0.05) is 41.9 Å². The minimum Gasteiger partial charge on any atom is -0.323 e. The normalized spacial score (nSPS) is 16.7. The lowest BCUT2D eigenvalue weighted by Crippen LogP contribution is -2.53. The maximum atomic E-state index is 13.2. The second-order valence-electron chi connectivity index (χ2n) is 7.74. The van der Waals surface area contributed by atoms with Gasteiger partial charge in [-0.15, -0.1) is 0 Å². The summed E-state index contributed by atoms with van der Waals surface area (Å²) in [5.41, 5.74) is 0.336. The molecule has 0 saturated carbocycles. The van der Waals surface area contributed by atoms with Gasteiger partial charge in [-0.05, 0) is 48.0 Å². The standard InChI is InChI=1S/C23H23ClFN3O3S/c1-16(23(29)26-22-9-7-19(25)15-21(22)24)27-10-12-28(13-11-27)32(30,31)20-8-6-17-4-2-3-5-18(17)14-20/h2-9,14-16H,10-13H2,1H3,(H,26,29)/t16-/m0/s1. The van der Waals surface area contributed by atoms with Crippen molar-refractivity contribution in [2.75, 3.05) is 31.5 Å². The third kappa shape index (κ3) is 4.63. The lowest BCUT2D eigenvalue weighted by Gasteiger charge is -2.36. The van der Waals surface area contributed by atoms with Crippen LogP contribution in [-0.2, 0) is 14.8 Å². The van der Waals surface area contributed by atoms with Gasteiger partial charge in [-0.2, -0.15) is 4.31 Å². The molecule has 1 heterocycles. The van der Waals surface area contributed by atoms with Gasteiger partial charge >= 0.3 is 0 Å². The molecule has 1 fully saturated rings. The van der Waals surface area contributed by atoms with Crippen LogP contribution in [-0.4, -0.2) is 55.8 Å². The summed E-state index contributed by atoms with van der Waals surface area (Å²) in [4.78, 5) is 14.8. The summed E-state index contributed by atoms with van der Waals surface area (Å²) in [5, 5.41) is 4.69. The number of amides is 1. The predicted octanol–water partition coefficient (Wildman–Crippen LogP) is 3.97. The summed E-state index contributed by atoms with van der Waals surface area (Å²) in [6.45, 7) is 3.14. The first-order chi connectivity index (χ1) is 15.3. The van der Waals surface area contributed by atoms with Crippen molar-refractivity contribution in [3.63, 3.8) is 0 Å². The van der Waals surface area contributed by atoms with Crippen LogP contribution < -0.4 is 5.32 Å². The minimum atomic E-state index is -3.63. The number of piperazine rings is 1. The van der Waals surface area contributed by atoms with Crippen LogP contribution in [0.5, 0.6) is 0 Å². The molecule has 4 rings (SSSR count). The number of fused-ring (bicyclic) bond motifs is 1. The van der Waals surface area contributed by atoms with Crippen LogP contribution in [0.3, 0.4) is 0 Å². The van der Waals surface area contributed by atoms with Gasteiger partial charge in [0.2, 0.25) is 15.9 Å². The van der Waals surface area contributed by atoms with Gasteiger partial charge in [-0.25, -0.2) is 12.8 Å². The Morgan fingerprint density at radius 2 is 1.69 bits per heavy atom. The van der Waals surface area contributed by atoms with Gasteiger partial charge in [0.15, 0.2) is 0 Å². The fraction of sp³-hybridized carbons (Fsp3) is 0.261. The topological polar surface area (TPSA) is 69.7 Å². The third-order valence-electron chi connectivity index (χ3n) is 5.75. The Balaban J connectivity index is 1.40. The van der Waals surface area contributed by atoms with Crippen LogP contribution in [0.1, 0.15) is 6.92 Å². The summed E-state index contributed by atoms with van der Waals surface area (Å²) in [7, 11) is -3.63. The van der Waals surface area contributed by atoms with Gasteiger partial charge in [0, 0.05) is 26.2 Å². The largest absolute Gasteiger partial charge is 0.323 e. The van der Waals surface area contributed by atoms with Crippen LogP contribution in [0.15, 0.2) is 65.6 Å². The number of benzene rings is 3. The number of carbonyl (C=O) groups excluding carboxylic acids is 1. The lowest BCUT2D eigenvalue weighted by molar-refractivity contribution is -0.121. The maximum Gasteiger partial charge on any atom is 0.243 e. The first-order valence-electron chi connectivity index (χ1n) is 10.2. The van der Waals surface area contributed by atoms with E-state index in [-0.39, 0.29) is 28.9 Å². The molecule has 0 unspecified atom stereocenters. The van der Waals surface area contributed by atoms with Gasteiger partial charge in [-0.3, -0.25) is 9.69 Å². The first kappa shape index (κ1) is 22.7. The van der Waals surface area contributed by atoms with E-state index in [1.54, 1.807) is 19.1 Å². The Kier molecular flexibility index (Phi) is 6.48. The van der Waals surface area contributed by atoms with E-state index >= 15 is 0 Å². The molecular weight excluding hydrogens is 453 g/mol. The number of sulfonamides is 1. The molecule has 3 aromatic rings. The van der Waals surface area contributed by atoms with E-state index in [4.69, 9.17) is 11.6 Å². The highest BCUT2D eigenvalue weighted by Gasteiger charge is 2.32. The Morgan fingerprint density at radius 1 is 1.00 bits per heavy atom. The van der Waals surface area contributed by atoms with Crippen molar-refractivity contribution < 1.29 is 17.6 Å². The van der Waals surface area contributed by atoms with Crippen LogP contribution in [0.2, 0.25) is 5.02 Å². The summed E-state index contributed by atoms with van der Waals surface area (Å²) in [5.74, 6) is -0.769. The minimum absolute atomic E-state index is 0.122. The van der Waals surface area contributed by atoms with Crippen molar-refractivity contribution >= 4 is 44.0 Å². The molecule has 0 spiro atoms. The monoisotopic (exact) mass is 475 g/mol. The molecule has 0 bridgehead atoms. The first-order valence-corrected chi connectivity index (χ1v) is 12.1. The molecule has 0 radical (unpaired) electrons. The van der Waals surface area contributed by atoms with Crippen molar-refractivity contribution in [3.05, 3.63) is 71.5 Å². The predicted molar refractivity (Wildman–Crippen MR) is 124 cm³/mol. The average Bonchev–Trinajstić information content (AvgIpc) is 2.80. The fourth-order valence-electron chi connectivity index (χ4n) is 3.80. The van der Waals surface area contributed by atoms with Crippen LogP contribution in [0.25, 0.3) is 10.8 Å². The molecule has 1 amide bonds. The summed E-state index contributed by atoms with van der Waals surface area (Å²) >= 11 is 5.99. The van der Waals surface area contributed by atoms with Crippen molar-refractivity contribution in [1.82, 2.24) is 9.21 Å². The second kappa shape index (κ2) is 9.15. The molecular formula is C23H23ClFN3O3S. The molecule has 32 heavy (non-hydrogen) atoms. The third-order valence-corrected chi connectivity index (χ3v) is 7.96. The van der Waals surface area contributed by atoms with Gasteiger partial charge in [0.05, 0.1) is 21.6 Å². The Bertz CT molecular complexity index is 1260. The van der Waals surface area contributed by atoms with Crippen LogP contribution >= 0.6 is 11.6 Å². The quantitative estimate of drug-likeness (QED) is 0.606. The van der Waals surface area contributed by atoms with Gasteiger partial charge < -0.3 is 5.32 Å². The number of nitrogens with zero attached hydrogens (tertiary/aromatic N) is 2. The number of hydrogen-bond acceptors (Lipinski definition) is 4. The number of halogens is 2. The summed E-state index contributed by atoms with van der Waals surface area (Å²) in [6, 6.07) is 16.0. The molecule has 1 atom stereocenters. The number of rotatable bonds is 5. The SMILES string of the molecule is C[C@@H](C(=O)Nc1ccc(F)cc1Cl)N1CCN(S(=O)(=O)c2ccc3ccccc3c2)CC1. The van der Waals surface area contributed by atoms with E-state index in [2.05, 4.69) is 5.32 Å². The molecule has 9 heteroatoms. The number of carbonyl (C=O) groups is 1. The Morgan fingerprint density at radius 3 is 2.38 bits per heavy atom. The lowest BCUT2D eigenvalue weighted by atomic mass is 10.1. The Labute approximate surface area is 191 Å². The molecule has 1 saturated heterocycles. The van der Waals surface area contributed by atoms with Gasteiger partial charge in [0.25, 0.3) is 0 Å². The fourth-order valence-corrected chi connectivity index (χ4v) is 5.47. The highest BCUT2D eigenvalue weighted by Crippen LogP contribution is 2.25. The summed E-state index contributed by atoms with van der Waals surface area (Å²) < 4.78 is 40.9. The van der Waals surface area contributed by atoms with Crippen molar-refractivity contribution in [3.8, 4) is 0 Å². The molecule has 168 valence electrons. The Hall–Kier alpha value is -2.52. The second-order valence-corrected chi connectivity index (χ2v) is 10.1. The molecule has 0 aliphatic carbocycles. The highest BCUT2D eigenvalue weighted by atomic mass is 35.5. The van der Waals surface area contributed by atoms with E-state index in [9.17, 15) is 17.6 Å². The number of anilines is 1. The van der Waals surface area contributed by atoms with Crippen molar-refractivity contribution in [2.24, 2.45) is 0 Å². The molecule has 3 aromatic carbocycles. The van der Waals surface area contributed by atoms with E-state index in [1.807, 2.05) is 35.2 Å². The van der Waals surface area contributed by atoms with E-state index in [0.717, 1.165) is 16.8 Å². The number of hydrogen-bond donors (Lipinski definition) is 1. The van der Waals surface area contributed by atoms with E-state index < -0.39 is 21.9 Å². The van der Waals surface area contributed by atoms with E-state index in [1.165, 1.54) is 16.4 Å². The van der Waals surface area contributed by atoms with E-state index in [0.29, 0.717) is 18.8 Å². The van der Waals surface area contributed by atoms with Crippen LogP contribution in [0, 0.1) is 5.82 Å². The smallest absolute Gasteiger partial charge is 0.243 e. The van der Waals surface area contributed by atoms with Crippen molar-refractivity contribution in [1.29, 1.82) is 0 Å². The average molecular weight is 476 g/mol.